The van der Waals surface area contributed by atoms with Crippen LogP contribution in [-0.2, 0) is 21.2 Å². The first-order chi connectivity index (χ1) is 19.2. The van der Waals surface area contributed by atoms with Gasteiger partial charge in [0.1, 0.15) is 17.5 Å². The van der Waals surface area contributed by atoms with Crippen LogP contribution in [0.5, 0.6) is 0 Å². The van der Waals surface area contributed by atoms with Gasteiger partial charge in [0.05, 0.1) is 5.75 Å². The fourth-order valence-electron chi connectivity index (χ4n) is 5.69. The van der Waals surface area contributed by atoms with Crippen LogP contribution in [0.15, 0.2) is 66.7 Å². The van der Waals surface area contributed by atoms with Crippen molar-refractivity contribution in [1.29, 1.82) is 0 Å². The molecule has 3 aromatic carbocycles. The summed E-state index contributed by atoms with van der Waals surface area (Å²) in [7, 11) is -3.37. The molecular weight excluding hydrogens is 539 g/mol. The number of amides is 1. The summed E-state index contributed by atoms with van der Waals surface area (Å²) in [6, 6.07) is 15.9. The van der Waals surface area contributed by atoms with E-state index >= 15 is 4.39 Å². The van der Waals surface area contributed by atoms with Gasteiger partial charge in [-0.3, -0.25) is 4.79 Å². The molecular formula is C30H32F3N3O3S. The highest BCUT2D eigenvalue weighted by Crippen LogP contribution is 2.31. The Kier molecular flexibility index (Phi) is 8.58. The molecule has 0 radical (unpaired) electrons. The molecule has 2 heterocycles. The van der Waals surface area contributed by atoms with Gasteiger partial charge in [0.25, 0.3) is 0 Å². The van der Waals surface area contributed by atoms with E-state index in [0.717, 1.165) is 6.42 Å². The molecule has 2 fully saturated rings. The van der Waals surface area contributed by atoms with Crippen LogP contribution in [-0.4, -0.2) is 49.6 Å². The molecule has 40 heavy (non-hydrogen) atoms. The molecule has 3 aromatic rings. The normalized spacial score (nSPS) is 22.1. The lowest BCUT2D eigenvalue weighted by atomic mass is 9.88. The van der Waals surface area contributed by atoms with Crippen LogP contribution in [0.3, 0.4) is 0 Å². The summed E-state index contributed by atoms with van der Waals surface area (Å²) in [5, 5.41) is 6.25. The van der Waals surface area contributed by atoms with Gasteiger partial charge in [0.15, 0.2) is 0 Å². The lowest BCUT2D eigenvalue weighted by Gasteiger charge is -2.37. The lowest BCUT2D eigenvalue weighted by Crippen LogP contribution is -2.57. The Labute approximate surface area is 232 Å². The molecule has 0 aliphatic carbocycles. The van der Waals surface area contributed by atoms with Crippen molar-refractivity contribution in [2.75, 3.05) is 24.2 Å². The van der Waals surface area contributed by atoms with E-state index in [0.29, 0.717) is 48.3 Å². The number of nitrogens with zero attached hydrogens (tertiary/aromatic N) is 1. The zero-order chi connectivity index (χ0) is 28.3. The standard InChI is InChI=1S/C30H32F3N3O3S/c31-22-10-6-20(7-11-22)27(21-8-12-23(32)13-9-21)17-30(37)35-29-5-1-4-28(33)26(29)15-14-25-18-34-24-3-2-16-40(38,39)36(25)19-24/h1,4-13,24-25,27,34H,2-3,14-19H2,(H,35,37)/t24-,25+/m1/s1. The Morgan fingerprint density at radius 2 is 1.62 bits per heavy atom. The number of sulfonamides is 1. The number of hydrogen-bond acceptors (Lipinski definition) is 4. The summed E-state index contributed by atoms with van der Waals surface area (Å²) in [6.07, 6.45) is 2.03. The highest BCUT2D eigenvalue weighted by Gasteiger charge is 2.38. The largest absolute Gasteiger partial charge is 0.326 e. The van der Waals surface area contributed by atoms with Gasteiger partial charge in [0, 0.05) is 48.8 Å². The van der Waals surface area contributed by atoms with E-state index in [1.165, 1.54) is 36.4 Å². The highest BCUT2D eigenvalue weighted by molar-refractivity contribution is 7.89. The predicted molar refractivity (Wildman–Crippen MR) is 148 cm³/mol. The Bertz CT molecular complexity index is 1400. The van der Waals surface area contributed by atoms with Crippen molar-refractivity contribution in [2.24, 2.45) is 0 Å². The number of fused-ring (bicyclic) bond motifs is 2. The molecule has 1 amide bonds. The van der Waals surface area contributed by atoms with E-state index in [4.69, 9.17) is 0 Å². The fraction of sp³-hybridized carbons (Fsp3) is 0.367. The topological polar surface area (TPSA) is 78.5 Å². The summed E-state index contributed by atoms with van der Waals surface area (Å²) in [6.45, 7) is 0.916. The van der Waals surface area contributed by atoms with Crippen molar-refractivity contribution in [2.45, 2.75) is 50.1 Å². The molecule has 0 aromatic heterocycles. The minimum atomic E-state index is -3.37. The zero-order valence-electron chi connectivity index (χ0n) is 22.0. The van der Waals surface area contributed by atoms with Crippen LogP contribution in [0.1, 0.15) is 48.3 Å². The molecule has 212 valence electrons. The van der Waals surface area contributed by atoms with E-state index in [-0.39, 0.29) is 36.6 Å². The van der Waals surface area contributed by atoms with Gasteiger partial charge in [-0.1, -0.05) is 30.3 Å². The van der Waals surface area contributed by atoms with Crippen LogP contribution in [0.2, 0.25) is 0 Å². The van der Waals surface area contributed by atoms with Gasteiger partial charge in [-0.25, -0.2) is 21.6 Å². The first kappa shape index (κ1) is 28.3. The van der Waals surface area contributed by atoms with E-state index in [2.05, 4.69) is 10.6 Å². The van der Waals surface area contributed by atoms with Crippen LogP contribution < -0.4 is 10.6 Å². The second-order valence-corrected chi connectivity index (χ2v) is 12.5. The number of piperazine rings is 1. The van der Waals surface area contributed by atoms with Crippen LogP contribution in [0.4, 0.5) is 18.9 Å². The summed E-state index contributed by atoms with van der Waals surface area (Å²) in [4.78, 5) is 13.3. The predicted octanol–water partition coefficient (Wildman–Crippen LogP) is 4.96. The van der Waals surface area contributed by atoms with E-state index < -0.39 is 33.4 Å². The molecule has 5 rings (SSSR count). The van der Waals surface area contributed by atoms with Crippen molar-refractivity contribution >= 4 is 21.6 Å². The third-order valence-electron chi connectivity index (χ3n) is 7.82. The van der Waals surface area contributed by atoms with Gasteiger partial charge < -0.3 is 10.6 Å². The van der Waals surface area contributed by atoms with Gasteiger partial charge in [-0.2, -0.15) is 4.31 Å². The molecule has 3 atom stereocenters. The molecule has 2 aliphatic rings. The Morgan fingerprint density at radius 3 is 2.27 bits per heavy atom. The third kappa shape index (κ3) is 6.56. The monoisotopic (exact) mass is 571 g/mol. The second kappa shape index (κ2) is 12.1. The Hall–Kier alpha value is -3.21. The molecule has 2 aliphatic heterocycles. The molecule has 2 N–H and O–H groups in total. The Balaban J connectivity index is 1.32. The quantitative estimate of drug-likeness (QED) is 0.401. The van der Waals surface area contributed by atoms with E-state index in [1.54, 1.807) is 34.6 Å². The maximum Gasteiger partial charge on any atom is 0.225 e. The summed E-state index contributed by atoms with van der Waals surface area (Å²) >= 11 is 0. The zero-order valence-corrected chi connectivity index (χ0v) is 22.8. The van der Waals surface area contributed by atoms with Crippen molar-refractivity contribution in [1.82, 2.24) is 9.62 Å². The highest BCUT2D eigenvalue weighted by atomic mass is 32.2. The van der Waals surface area contributed by atoms with E-state index in [1.807, 2.05) is 0 Å². The first-order valence-electron chi connectivity index (χ1n) is 13.5. The van der Waals surface area contributed by atoms with Crippen LogP contribution in [0.25, 0.3) is 0 Å². The smallest absolute Gasteiger partial charge is 0.225 e. The van der Waals surface area contributed by atoms with Gasteiger partial charge in [0.2, 0.25) is 15.9 Å². The number of rotatable bonds is 8. The SMILES string of the molecule is O=C(CC(c1ccc(F)cc1)c1ccc(F)cc1)Nc1cccc(F)c1CC[C@H]1CN[C@@H]2CCCS(=O)(=O)N1C2. The van der Waals surface area contributed by atoms with Crippen molar-refractivity contribution in [3.63, 3.8) is 0 Å². The number of anilines is 1. The molecule has 6 nitrogen and oxygen atoms in total. The van der Waals surface area contributed by atoms with Crippen molar-refractivity contribution in [3.8, 4) is 0 Å². The molecule has 0 saturated carbocycles. The van der Waals surface area contributed by atoms with Gasteiger partial charge in [-0.15, -0.1) is 0 Å². The minimum Gasteiger partial charge on any atom is -0.326 e. The first-order valence-corrected chi connectivity index (χ1v) is 15.1. The maximum atomic E-state index is 15.0. The third-order valence-corrected chi connectivity index (χ3v) is 9.78. The van der Waals surface area contributed by atoms with E-state index in [9.17, 15) is 22.0 Å². The number of benzene rings is 3. The summed E-state index contributed by atoms with van der Waals surface area (Å²) in [5.74, 6) is -2.05. The average molecular weight is 572 g/mol. The number of carbonyl (C=O) groups excluding carboxylic acids is 1. The maximum absolute atomic E-state index is 15.0. The Morgan fingerprint density at radius 1 is 0.975 bits per heavy atom. The van der Waals surface area contributed by atoms with Gasteiger partial charge in [-0.05, 0) is 73.2 Å². The molecule has 2 bridgehead atoms. The molecule has 10 heteroatoms. The number of nitrogens with one attached hydrogen (secondary N) is 2. The average Bonchev–Trinajstić information content (AvgIpc) is 3.04. The summed E-state index contributed by atoms with van der Waals surface area (Å²) < 4.78 is 69.4. The second-order valence-electron chi connectivity index (χ2n) is 10.5. The molecule has 1 unspecified atom stereocenters. The number of carbonyl (C=O) groups is 1. The van der Waals surface area contributed by atoms with Crippen LogP contribution >= 0.6 is 0 Å². The number of hydrogen-bond donors (Lipinski definition) is 2. The van der Waals surface area contributed by atoms with Gasteiger partial charge >= 0.3 is 0 Å². The summed E-state index contributed by atoms with van der Waals surface area (Å²) in [5.41, 5.74) is 2.00. The fourth-order valence-corrected chi connectivity index (χ4v) is 7.50. The number of halogens is 3. The van der Waals surface area contributed by atoms with Crippen LogP contribution in [0, 0.1) is 17.5 Å². The van der Waals surface area contributed by atoms with Crippen molar-refractivity contribution < 1.29 is 26.4 Å². The minimum absolute atomic E-state index is 0.0346. The molecule has 0 spiro atoms. The molecule has 2 saturated heterocycles. The lowest BCUT2D eigenvalue weighted by molar-refractivity contribution is -0.116. The van der Waals surface area contributed by atoms with Crippen molar-refractivity contribution in [3.05, 3.63) is 101 Å².